The van der Waals surface area contributed by atoms with Crippen molar-refractivity contribution in [2.45, 2.75) is 6.11 Å². The van der Waals surface area contributed by atoms with Gasteiger partial charge in [0, 0.05) is 5.56 Å². The molecule has 0 aliphatic rings. The van der Waals surface area contributed by atoms with Crippen LogP contribution in [0.2, 0.25) is 0 Å². The van der Waals surface area contributed by atoms with E-state index in [2.05, 4.69) is 10.6 Å². The molecule has 0 fully saturated rings. The van der Waals surface area contributed by atoms with E-state index in [0.29, 0.717) is 11.8 Å². The number of hydrogen-bond donors (Lipinski definition) is 2. The van der Waals surface area contributed by atoms with Crippen molar-refractivity contribution in [1.29, 1.82) is 0 Å². The maximum atomic E-state index is 12.9. The summed E-state index contributed by atoms with van der Waals surface area (Å²) >= 11 is 0. The number of halogens is 2. The molecule has 86 valence electrons. The molecule has 1 aromatic carbocycles. The normalized spacial score (nSPS) is 10.7. The number of alkyl halides is 2. The summed E-state index contributed by atoms with van der Waals surface area (Å²) in [5, 5.41) is 0. The van der Waals surface area contributed by atoms with Gasteiger partial charge in [0.2, 0.25) is 0 Å². The molecule has 7 heteroatoms. The molecule has 0 unspecified atom stereocenters. The molecule has 1 aromatic rings. The van der Waals surface area contributed by atoms with Gasteiger partial charge in [-0.3, -0.25) is 15.0 Å². The fraction of sp³-hybridized carbons (Fsp3) is 0.111. The van der Waals surface area contributed by atoms with Gasteiger partial charge in [0.25, 0.3) is 0 Å². The van der Waals surface area contributed by atoms with Crippen LogP contribution in [0, 0.1) is 0 Å². The van der Waals surface area contributed by atoms with Gasteiger partial charge in [-0.1, -0.05) is 0 Å². The summed E-state index contributed by atoms with van der Waals surface area (Å²) in [5.74, 6) is 2.54. The van der Waals surface area contributed by atoms with Crippen molar-refractivity contribution in [2.24, 2.45) is 5.84 Å². The van der Waals surface area contributed by atoms with Crippen LogP contribution >= 0.6 is 0 Å². The molecule has 16 heavy (non-hydrogen) atoms. The average molecular weight is 230 g/mol. The highest BCUT2D eigenvalue weighted by molar-refractivity contribution is 5.81. The molecule has 3 N–H and O–H groups in total. The number of hydrogen-bond acceptors (Lipinski definition) is 4. The van der Waals surface area contributed by atoms with E-state index in [9.17, 15) is 18.4 Å². The Kier molecular flexibility index (Phi) is 3.51. The number of hydrazine groups is 1. The van der Waals surface area contributed by atoms with Gasteiger partial charge < -0.3 is 4.74 Å². The molecule has 0 aromatic heterocycles. The first kappa shape index (κ1) is 12.1. The molecule has 0 heterocycles. The molecule has 0 atom stereocenters. The quantitative estimate of drug-likeness (QED) is 0.341. The lowest BCUT2D eigenvalue weighted by atomic mass is 10.2. The standard InChI is InChI=1S/C9H8F2N2O3/c10-9(11,8(15)13-12)16-7-3-1-6(5-14)2-4-7/h1-5H,12H2,(H,13,15). The summed E-state index contributed by atoms with van der Waals surface area (Å²) in [7, 11) is 0. The molecule has 0 bridgehead atoms. The van der Waals surface area contributed by atoms with Crippen molar-refractivity contribution in [3.63, 3.8) is 0 Å². The maximum Gasteiger partial charge on any atom is 0.483 e. The summed E-state index contributed by atoms with van der Waals surface area (Å²) in [5.41, 5.74) is 1.58. The third-order valence-corrected chi connectivity index (χ3v) is 1.66. The Hall–Kier alpha value is -2.02. The highest BCUT2D eigenvalue weighted by Crippen LogP contribution is 2.21. The summed E-state index contributed by atoms with van der Waals surface area (Å²) in [6.07, 6.45) is -3.51. The monoisotopic (exact) mass is 230 g/mol. The van der Waals surface area contributed by atoms with Crippen molar-refractivity contribution in [3.8, 4) is 5.75 Å². The third kappa shape index (κ3) is 2.74. The topological polar surface area (TPSA) is 81.4 Å². The van der Waals surface area contributed by atoms with E-state index in [1.165, 1.54) is 17.6 Å². The summed E-state index contributed by atoms with van der Waals surface area (Å²) in [4.78, 5) is 20.9. The number of carbonyl (C=O) groups is 2. The summed E-state index contributed by atoms with van der Waals surface area (Å²) in [6, 6.07) is 4.83. The Morgan fingerprint density at radius 2 is 1.94 bits per heavy atom. The number of rotatable bonds is 4. The van der Waals surface area contributed by atoms with E-state index in [1.54, 1.807) is 0 Å². The first-order valence-corrected chi connectivity index (χ1v) is 4.12. The zero-order valence-electron chi connectivity index (χ0n) is 7.94. The highest BCUT2D eigenvalue weighted by Gasteiger charge is 2.41. The van der Waals surface area contributed by atoms with E-state index in [-0.39, 0.29) is 5.75 Å². The van der Waals surface area contributed by atoms with Crippen molar-refractivity contribution < 1.29 is 23.1 Å². The second-order valence-electron chi connectivity index (χ2n) is 2.78. The van der Waals surface area contributed by atoms with Crippen LogP contribution in [0.15, 0.2) is 24.3 Å². The molecule has 0 aliphatic carbocycles. The fourth-order valence-electron chi connectivity index (χ4n) is 0.893. The molecule has 1 amide bonds. The number of benzene rings is 1. The zero-order chi connectivity index (χ0) is 12.2. The third-order valence-electron chi connectivity index (χ3n) is 1.66. The van der Waals surface area contributed by atoms with Crippen LogP contribution in [-0.4, -0.2) is 18.3 Å². The number of ether oxygens (including phenoxy) is 1. The molecule has 1 rings (SSSR count). The number of nitrogens with one attached hydrogen (secondary N) is 1. The van der Waals surface area contributed by atoms with E-state index in [0.717, 1.165) is 12.1 Å². The van der Waals surface area contributed by atoms with E-state index >= 15 is 0 Å². The van der Waals surface area contributed by atoms with Gasteiger partial charge in [0.1, 0.15) is 12.0 Å². The number of amides is 1. The average Bonchev–Trinajstić information content (AvgIpc) is 2.28. The number of aldehydes is 1. The smallest absolute Gasteiger partial charge is 0.425 e. The number of carbonyl (C=O) groups excluding carboxylic acids is 2. The van der Waals surface area contributed by atoms with Crippen LogP contribution in [-0.2, 0) is 4.79 Å². The van der Waals surface area contributed by atoms with Crippen LogP contribution in [0.4, 0.5) is 8.78 Å². The minimum Gasteiger partial charge on any atom is -0.425 e. The van der Waals surface area contributed by atoms with Crippen LogP contribution < -0.4 is 16.0 Å². The van der Waals surface area contributed by atoms with Crippen molar-refractivity contribution in [1.82, 2.24) is 5.43 Å². The van der Waals surface area contributed by atoms with Crippen LogP contribution in [0.1, 0.15) is 10.4 Å². The van der Waals surface area contributed by atoms with Gasteiger partial charge in [-0.15, -0.1) is 0 Å². The lowest BCUT2D eigenvalue weighted by Crippen LogP contribution is -2.47. The van der Waals surface area contributed by atoms with Crippen molar-refractivity contribution >= 4 is 12.2 Å². The Balaban J connectivity index is 2.79. The lowest BCUT2D eigenvalue weighted by molar-refractivity contribution is -0.192. The molecule has 0 aliphatic heterocycles. The largest absolute Gasteiger partial charge is 0.483 e. The predicted molar refractivity (Wildman–Crippen MR) is 49.7 cm³/mol. The van der Waals surface area contributed by atoms with Gasteiger partial charge in [-0.2, -0.15) is 8.78 Å². The maximum absolute atomic E-state index is 12.9. The Morgan fingerprint density at radius 3 is 2.38 bits per heavy atom. The summed E-state index contributed by atoms with van der Waals surface area (Å²) in [6.45, 7) is 0. The molecule has 0 saturated carbocycles. The second-order valence-corrected chi connectivity index (χ2v) is 2.78. The molecule has 0 radical (unpaired) electrons. The van der Waals surface area contributed by atoms with Crippen LogP contribution in [0.25, 0.3) is 0 Å². The minimum absolute atomic E-state index is 0.251. The predicted octanol–water partition coefficient (Wildman–Crippen LogP) is 0.461. The van der Waals surface area contributed by atoms with Crippen LogP contribution in [0.5, 0.6) is 5.75 Å². The van der Waals surface area contributed by atoms with E-state index in [1.807, 2.05) is 0 Å². The Labute approximate surface area is 89.2 Å². The minimum atomic E-state index is -4.06. The van der Waals surface area contributed by atoms with Gasteiger partial charge in [-0.05, 0) is 24.3 Å². The zero-order valence-corrected chi connectivity index (χ0v) is 7.94. The first-order valence-electron chi connectivity index (χ1n) is 4.12. The molecule has 0 saturated heterocycles. The van der Waals surface area contributed by atoms with Crippen molar-refractivity contribution in [3.05, 3.63) is 29.8 Å². The van der Waals surface area contributed by atoms with Gasteiger partial charge in [0.15, 0.2) is 0 Å². The fourth-order valence-corrected chi connectivity index (χ4v) is 0.893. The van der Waals surface area contributed by atoms with E-state index < -0.39 is 12.0 Å². The summed E-state index contributed by atoms with van der Waals surface area (Å²) < 4.78 is 29.9. The molecular weight excluding hydrogens is 222 g/mol. The molecule has 5 nitrogen and oxygen atoms in total. The lowest BCUT2D eigenvalue weighted by Gasteiger charge is -2.15. The second kappa shape index (κ2) is 4.67. The van der Waals surface area contributed by atoms with Crippen LogP contribution in [0.3, 0.4) is 0 Å². The Bertz CT molecular complexity index is 392. The first-order chi connectivity index (χ1) is 7.49. The Morgan fingerprint density at radius 1 is 1.38 bits per heavy atom. The van der Waals surface area contributed by atoms with Gasteiger partial charge >= 0.3 is 12.0 Å². The number of nitrogens with two attached hydrogens (primary N) is 1. The van der Waals surface area contributed by atoms with Gasteiger partial charge in [-0.25, -0.2) is 5.84 Å². The highest BCUT2D eigenvalue weighted by atomic mass is 19.3. The molecular formula is C9H8F2N2O3. The van der Waals surface area contributed by atoms with Crippen molar-refractivity contribution in [2.75, 3.05) is 0 Å². The van der Waals surface area contributed by atoms with Gasteiger partial charge in [0.05, 0.1) is 0 Å². The molecule has 0 spiro atoms. The SMILES string of the molecule is NNC(=O)C(F)(F)Oc1ccc(C=O)cc1. The van der Waals surface area contributed by atoms with E-state index in [4.69, 9.17) is 0 Å².